The highest BCUT2D eigenvalue weighted by Gasteiger charge is 2.45. The van der Waals surface area contributed by atoms with Crippen molar-refractivity contribution in [1.82, 2.24) is 19.6 Å². The van der Waals surface area contributed by atoms with Gasteiger partial charge in [0, 0.05) is 42.6 Å². The van der Waals surface area contributed by atoms with Crippen molar-refractivity contribution in [3.63, 3.8) is 0 Å². The average molecular weight is 559 g/mol. The Morgan fingerprint density at radius 1 is 1.03 bits per heavy atom. The molecule has 39 heavy (non-hydrogen) atoms. The molecule has 0 amide bonds. The van der Waals surface area contributed by atoms with E-state index in [0.717, 1.165) is 30.4 Å². The Bertz CT molecular complexity index is 1300. The van der Waals surface area contributed by atoms with Crippen LogP contribution in [0.5, 0.6) is 0 Å². The lowest BCUT2D eigenvalue weighted by molar-refractivity contribution is -0.106. The van der Waals surface area contributed by atoms with Gasteiger partial charge in [-0.15, -0.1) is 0 Å². The number of pyridine rings is 1. The zero-order chi connectivity index (χ0) is 28.1. The first-order chi connectivity index (χ1) is 18.3. The molecule has 2 atom stereocenters. The van der Waals surface area contributed by atoms with E-state index < -0.39 is 19.8 Å². The highest BCUT2D eigenvalue weighted by atomic mass is 28.4. The average Bonchev–Trinajstić information content (AvgIpc) is 3.51. The predicted molar refractivity (Wildman–Crippen MR) is 148 cm³/mol. The third-order valence-corrected chi connectivity index (χ3v) is 13.4. The van der Waals surface area contributed by atoms with Gasteiger partial charge in [0.05, 0.1) is 29.5 Å². The van der Waals surface area contributed by atoms with E-state index in [0.29, 0.717) is 23.5 Å². The normalized spacial score (nSPS) is 23.4. The van der Waals surface area contributed by atoms with Crippen LogP contribution in [0.25, 0.3) is 16.6 Å². The van der Waals surface area contributed by atoms with Gasteiger partial charge in [-0.3, -0.25) is 0 Å². The largest absolute Gasteiger partial charge is 0.411 e. The Balaban J connectivity index is 1.26. The number of aromatic nitrogens is 4. The Morgan fingerprint density at radius 2 is 1.69 bits per heavy atom. The smallest absolute Gasteiger partial charge is 0.248 e. The molecular formula is C29H40F2N4O3Si. The molecule has 2 aliphatic carbocycles. The zero-order valence-corrected chi connectivity index (χ0v) is 24.6. The van der Waals surface area contributed by atoms with Gasteiger partial charge in [0.15, 0.2) is 14.1 Å². The monoisotopic (exact) mass is 558 g/mol. The van der Waals surface area contributed by atoms with E-state index in [1.54, 1.807) is 29.3 Å². The number of aliphatic hydroxyl groups is 1. The van der Waals surface area contributed by atoms with E-state index in [4.69, 9.17) is 9.16 Å². The van der Waals surface area contributed by atoms with Crippen LogP contribution in [0.3, 0.4) is 0 Å². The summed E-state index contributed by atoms with van der Waals surface area (Å²) in [5.74, 6) is -2.11. The molecule has 7 nitrogen and oxygen atoms in total. The van der Waals surface area contributed by atoms with Crippen LogP contribution in [-0.2, 0) is 21.4 Å². The molecule has 0 aromatic carbocycles. The van der Waals surface area contributed by atoms with Crippen LogP contribution in [-0.4, -0.2) is 51.1 Å². The molecule has 3 heterocycles. The first-order valence-electron chi connectivity index (χ1n) is 14.0. The SMILES string of the molecule is CC(C)(C)[Si](C)(C)O[C@H]1CCC[C@@H]1OCc1ncc(-c2ccn3ncc(C4(O)CCC(F)(F)CC4)c3c2)cn1. The molecule has 10 heteroatoms. The maximum atomic E-state index is 13.7. The highest BCUT2D eigenvalue weighted by molar-refractivity contribution is 6.74. The number of halogens is 2. The Kier molecular flexibility index (Phi) is 7.45. The second-order valence-electron chi connectivity index (χ2n) is 12.8. The summed E-state index contributed by atoms with van der Waals surface area (Å²) < 4.78 is 42.0. The first-order valence-corrected chi connectivity index (χ1v) is 16.9. The fourth-order valence-corrected chi connectivity index (χ4v) is 6.73. The molecule has 2 saturated carbocycles. The van der Waals surface area contributed by atoms with Crippen molar-refractivity contribution >= 4 is 13.8 Å². The van der Waals surface area contributed by atoms with E-state index in [-0.39, 0.29) is 42.9 Å². The minimum atomic E-state index is -2.72. The van der Waals surface area contributed by atoms with Crippen LogP contribution in [0.15, 0.2) is 36.9 Å². The van der Waals surface area contributed by atoms with E-state index in [9.17, 15) is 13.9 Å². The summed E-state index contributed by atoms with van der Waals surface area (Å²) in [5.41, 5.74) is 1.64. The van der Waals surface area contributed by atoms with Gasteiger partial charge in [-0.05, 0) is 67.9 Å². The number of hydrogen-bond donors (Lipinski definition) is 1. The van der Waals surface area contributed by atoms with Gasteiger partial charge in [-0.2, -0.15) is 5.10 Å². The van der Waals surface area contributed by atoms with Gasteiger partial charge in [0.2, 0.25) is 5.92 Å². The second kappa shape index (κ2) is 10.3. The maximum absolute atomic E-state index is 13.7. The minimum absolute atomic E-state index is 0.00612. The number of nitrogens with zero attached hydrogens (tertiary/aromatic N) is 4. The van der Waals surface area contributed by atoms with Gasteiger partial charge in [-0.1, -0.05) is 20.8 Å². The van der Waals surface area contributed by atoms with Gasteiger partial charge >= 0.3 is 0 Å². The molecule has 2 fully saturated rings. The molecule has 0 radical (unpaired) electrons. The molecule has 2 aliphatic rings. The number of hydrogen-bond acceptors (Lipinski definition) is 6. The molecule has 0 unspecified atom stereocenters. The molecule has 5 rings (SSSR count). The Hall–Kier alpha value is -2.27. The van der Waals surface area contributed by atoms with Crippen molar-refractivity contribution in [2.75, 3.05) is 0 Å². The van der Waals surface area contributed by atoms with Gasteiger partial charge in [-0.25, -0.2) is 23.3 Å². The molecule has 3 aromatic heterocycles. The topological polar surface area (TPSA) is 81.8 Å². The highest BCUT2D eigenvalue weighted by Crippen LogP contribution is 2.45. The summed E-state index contributed by atoms with van der Waals surface area (Å²) in [6, 6.07) is 3.81. The van der Waals surface area contributed by atoms with Crippen LogP contribution >= 0.6 is 0 Å². The van der Waals surface area contributed by atoms with Crippen molar-refractivity contribution in [2.24, 2.45) is 0 Å². The van der Waals surface area contributed by atoms with Crippen LogP contribution in [0.1, 0.15) is 77.1 Å². The number of alkyl halides is 2. The lowest BCUT2D eigenvalue weighted by atomic mass is 9.78. The van der Waals surface area contributed by atoms with Crippen molar-refractivity contribution < 1.29 is 23.1 Å². The lowest BCUT2D eigenvalue weighted by Crippen LogP contribution is -2.46. The van der Waals surface area contributed by atoms with E-state index >= 15 is 0 Å². The first kappa shape index (κ1) is 28.3. The second-order valence-corrected chi connectivity index (χ2v) is 17.5. The van der Waals surface area contributed by atoms with E-state index in [2.05, 4.69) is 48.9 Å². The van der Waals surface area contributed by atoms with Crippen LogP contribution < -0.4 is 0 Å². The van der Waals surface area contributed by atoms with Crippen molar-refractivity contribution in [3.05, 3.63) is 48.3 Å². The number of ether oxygens (including phenoxy) is 1. The summed E-state index contributed by atoms with van der Waals surface area (Å²) in [6.07, 6.45) is 9.54. The minimum Gasteiger partial charge on any atom is -0.411 e. The zero-order valence-electron chi connectivity index (χ0n) is 23.6. The third-order valence-electron chi connectivity index (χ3n) is 8.94. The fraction of sp³-hybridized carbons (Fsp3) is 0.621. The van der Waals surface area contributed by atoms with E-state index in [1.807, 2.05) is 12.1 Å². The quantitative estimate of drug-likeness (QED) is 0.327. The number of rotatable bonds is 7. The lowest BCUT2D eigenvalue weighted by Gasteiger charge is -2.39. The molecule has 1 N–H and O–H groups in total. The maximum Gasteiger partial charge on any atom is 0.248 e. The molecule has 0 bridgehead atoms. The summed E-state index contributed by atoms with van der Waals surface area (Å²) in [4.78, 5) is 9.08. The molecule has 3 aromatic rings. The van der Waals surface area contributed by atoms with Crippen LogP contribution in [0, 0.1) is 0 Å². The van der Waals surface area contributed by atoms with Gasteiger partial charge in [0.25, 0.3) is 0 Å². The molecular weight excluding hydrogens is 518 g/mol. The van der Waals surface area contributed by atoms with Crippen LogP contribution in [0.2, 0.25) is 18.1 Å². The predicted octanol–water partition coefficient (Wildman–Crippen LogP) is 6.65. The Labute approximate surface area is 230 Å². The summed E-state index contributed by atoms with van der Waals surface area (Å²) in [5, 5.41) is 15.7. The van der Waals surface area contributed by atoms with Gasteiger partial charge < -0.3 is 14.3 Å². The fourth-order valence-electron chi connectivity index (χ4n) is 5.35. The van der Waals surface area contributed by atoms with Crippen LogP contribution in [0.4, 0.5) is 8.78 Å². The van der Waals surface area contributed by atoms with Crippen molar-refractivity contribution in [1.29, 1.82) is 0 Å². The molecule has 212 valence electrons. The van der Waals surface area contributed by atoms with Crippen molar-refractivity contribution in [2.45, 2.75) is 114 Å². The molecule has 0 saturated heterocycles. The molecule has 0 spiro atoms. The third kappa shape index (κ3) is 5.94. The number of fused-ring (bicyclic) bond motifs is 1. The summed E-state index contributed by atoms with van der Waals surface area (Å²) >= 11 is 0. The summed E-state index contributed by atoms with van der Waals surface area (Å²) in [7, 11) is -1.87. The van der Waals surface area contributed by atoms with E-state index in [1.165, 1.54) is 0 Å². The van der Waals surface area contributed by atoms with Gasteiger partial charge in [0.1, 0.15) is 6.61 Å². The van der Waals surface area contributed by atoms with Crippen molar-refractivity contribution in [3.8, 4) is 11.1 Å². The summed E-state index contributed by atoms with van der Waals surface area (Å²) in [6.45, 7) is 11.6. The Morgan fingerprint density at radius 3 is 2.36 bits per heavy atom. The standard InChI is InChI=1S/C29H40F2N4O3Si/c1-27(2,3)39(4,5)38-25-8-6-7-24(25)37-19-26-32-16-21(17-33-26)20-9-14-35-23(15-20)22(18-34-35)28(36)10-12-29(30,31)13-11-28/h9,14-18,24-25,36H,6-8,10-13,19H2,1-5H3/t24-,25-/m0/s1. The molecule has 0 aliphatic heterocycles.